The number of benzene rings is 1. The Morgan fingerprint density at radius 3 is 2.62 bits per heavy atom. The highest BCUT2D eigenvalue weighted by Crippen LogP contribution is 2.27. The number of hydrogen-bond acceptors (Lipinski definition) is 5. The number of anilines is 1. The third kappa shape index (κ3) is 3.43. The van der Waals surface area contributed by atoms with Gasteiger partial charge in [-0.15, -0.1) is 0 Å². The summed E-state index contributed by atoms with van der Waals surface area (Å²) in [6.45, 7) is 7.96. The molecule has 0 spiro atoms. The predicted octanol–water partition coefficient (Wildman–Crippen LogP) is 3.96. The lowest BCUT2D eigenvalue weighted by Crippen LogP contribution is -2.17. The van der Waals surface area contributed by atoms with Crippen LogP contribution >= 0.6 is 0 Å². The molecule has 132 valence electrons. The van der Waals surface area contributed by atoms with Gasteiger partial charge in [-0.2, -0.15) is 0 Å². The Balaban J connectivity index is 1.62. The number of aromatic nitrogens is 4. The van der Waals surface area contributed by atoms with Gasteiger partial charge in [0.15, 0.2) is 5.82 Å². The first-order valence-corrected chi connectivity index (χ1v) is 9.08. The molecule has 26 heavy (non-hydrogen) atoms. The van der Waals surface area contributed by atoms with Crippen molar-refractivity contribution in [2.45, 2.75) is 40.3 Å². The molecule has 0 unspecified atom stereocenters. The Hall–Kier alpha value is -2.82. The SMILES string of the molecule is Cc1cc(N2Cc3cnc(CC(C)C)nc3C2)nc(-c2ccccc2)n1. The van der Waals surface area contributed by atoms with Gasteiger partial charge in [-0.1, -0.05) is 44.2 Å². The molecule has 0 atom stereocenters. The number of nitrogens with zero attached hydrogens (tertiary/aromatic N) is 5. The minimum Gasteiger partial charge on any atom is -0.346 e. The van der Waals surface area contributed by atoms with Crippen molar-refractivity contribution in [1.29, 1.82) is 0 Å². The van der Waals surface area contributed by atoms with E-state index in [0.717, 1.165) is 53.9 Å². The molecule has 0 saturated carbocycles. The lowest BCUT2D eigenvalue weighted by molar-refractivity contribution is 0.617. The first kappa shape index (κ1) is 16.6. The maximum Gasteiger partial charge on any atom is 0.161 e. The first-order valence-electron chi connectivity index (χ1n) is 9.08. The van der Waals surface area contributed by atoms with Gasteiger partial charge >= 0.3 is 0 Å². The normalized spacial score (nSPS) is 13.3. The lowest BCUT2D eigenvalue weighted by Gasteiger charge is -2.17. The minimum atomic E-state index is 0.559. The quantitative estimate of drug-likeness (QED) is 0.716. The molecule has 0 fully saturated rings. The van der Waals surface area contributed by atoms with Crippen molar-refractivity contribution >= 4 is 5.82 Å². The molecule has 3 heterocycles. The maximum atomic E-state index is 4.81. The second-order valence-corrected chi connectivity index (χ2v) is 7.27. The van der Waals surface area contributed by atoms with Gasteiger partial charge in [-0.05, 0) is 12.8 Å². The van der Waals surface area contributed by atoms with Crippen molar-refractivity contribution in [1.82, 2.24) is 19.9 Å². The molecule has 1 aromatic carbocycles. The van der Waals surface area contributed by atoms with E-state index in [4.69, 9.17) is 9.97 Å². The van der Waals surface area contributed by atoms with E-state index in [1.807, 2.05) is 49.5 Å². The van der Waals surface area contributed by atoms with E-state index in [1.165, 1.54) is 5.56 Å². The Kier molecular flexibility index (Phi) is 4.37. The van der Waals surface area contributed by atoms with Crippen LogP contribution in [0.5, 0.6) is 0 Å². The van der Waals surface area contributed by atoms with Crippen LogP contribution in [-0.4, -0.2) is 19.9 Å². The van der Waals surface area contributed by atoms with Gasteiger partial charge in [0, 0.05) is 42.0 Å². The molecule has 1 aliphatic heterocycles. The van der Waals surface area contributed by atoms with Crippen LogP contribution in [-0.2, 0) is 19.5 Å². The second-order valence-electron chi connectivity index (χ2n) is 7.27. The van der Waals surface area contributed by atoms with Gasteiger partial charge in [0.05, 0.1) is 12.2 Å². The van der Waals surface area contributed by atoms with Crippen molar-refractivity contribution in [3.05, 3.63) is 65.4 Å². The van der Waals surface area contributed by atoms with Crippen LogP contribution in [0.25, 0.3) is 11.4 Å². The molecule has 1 aliphatic rings. The molecule has 0 N–H and O–H groups in total. The van der Waals surface area contributed by atoms with Gasteiger partial charge in [0.1, 0.15) is 11.6 Å². The number of fused-ring (bicyclic) bond motifs is 1. The summed E-state index contributed by atoms with van der Waals surface area (Å²) >= 11 is 0. The van der Waals surface area contributed by atoms with Crippen LogP contribution in [0.1, 0.15) is 36.6 Å². The highest BCUT2D eigenvalue weighted by atomic mass is 15.2. The summed E-state index contributed by atoms with van der Waals surface area (Å²) in [5, 5.41) is 0. The highest BCUT2D eigenvalue weighted by molar-refractivity contribution is 5.58. The molecule has 0 bridgehead atoms. The van der Waals surface area contributed by atoms with Gasteiger partial charge in [0.25, 0.3) is 0 Å². The Morgan fingerprint density at radius 2 is 1.85 bits per heavy atom. The zero-order valence-electron chi connectivity index (χ0n) is 15.5. The van der Waals surface area contributed by atoms with E-state index in [-0.39, 0.29) is 0 Å². The Labute approximate surface area is 154 Å². The van der Waals surface area contributed by atoms with Crippen LogP contribution in [0, 0.1) is 12.8 Å². The van der Waals surface area contributed by atoms with E-state index in [0.29, 0.717) is 5.92 Å². The van der Waals surface area contributed by atoms with Crippen molar-refractivity contribution < 1.29 is 0 Å². The zero-order valence-corrected chi connectivity index (χ0v) is 15.5. The number of rotatable bonds is 4. The summed E-state index contributed by atoms with van der Waals surface area (Å²) in [6, 6.07) is 12.2. The fraction of sp³-hybridized carbons (Fsp3) is 0.333. The van der Waals surface area contributed by atoms with Crippen molar-refractivity contribution in [3.8, 4) is 11.4 Å². The monoisotopic (exact) mass is 345 g/mol. The van der Waals surface area contributed by atoms with Crippen LogP contribution in [0.3, 0.4) is 0 Å². The molecule has 5 nitrogen and oxygen atoms in total. The van der Waals surface area contributed by atoms with Crippen molar-refractivity contribution in [3.63, 3.8) is 0 Å². The zero-order chi connectivity index (χ0) is 18.1. The maximum absolute atomic E-state index is 4.81. The summed E-state index contributed by atoms with van der Waals surface area (Å²) < 4.78 is 0. The van der Waals surface area contributed by atoms with Crippen molar-refractivity contribution in [2.75, 3.05) is 4.90 Å². The molecule has 0 radical (unpaired) electrons. The average Bonchev–Trinajstić information content (AvgIpc) is 3.05. The molecule has 0 amide bonds. The lowest BCUT2D eigenvalue weighted by atomic mass is 10.1. The highest BCUT2D eigenvalue weighted by Gasteiger charge is 2.23. The molecule has 3 aromatic rings. The summed E-state index contributed by atoms with van der Waals surface area (Å²) in [5.74, 6) is 3.20. The van der Waals surface area contributed by atoms with E-state index in [1.54, 1.807) is 0 Å². The minimum absolute atomic E-state index is 0.559. The molecular weight excluding hydrogens is 322 g/mol. The summed E-state index contributed by atoms with van der Waals surface area (Å²) in [4.78, 5) is 21.0. The molecule has 5 heteroatoms. The van der Waals surface area contributed by atoms with Crippen LogP contribution < -0.4 is 4.90 Å². The van der Waals surface area contributed by atoms with Crippen molar-refractivity contribution in [2.24, 2.45) is 5.92 Å². The Morgan fingerprint density at radius 1 is 1.04 bits per heavy atom. The van der Waals surface area contributed by atoms with E-state index in [2.05, 4.69) is 28.7 Å². The third-order valence-corrected chi connectivity index (χ3v) is 4.49. The smallest absolute Gasteiger partial charge is 0.161 e. The summed E-state index contributed by atoms with van der Waals surface area (Å²) in [7, 11) is 0. The van der Waals surface area contributed by atoms with E-state index < -0.39 is 0 Å². The summed E-state index contributed by atoms with van der Waals surface area (Å²) in [5.41, 5.74) is 4.31. The second kappa shape index (κ2) is 6.83. The number of hydrogen-bond donors (Lipinski definition) is 0. The standard InChI is InChI=1S/C21H23N5/c1-14(2)9-19-22-11-17-12-26(13-18(17)24-19)20-10-15(3)23-21(25-20)16-7-5-4-6-8-16/h4-8,10-11,14H,9,12-13H2,1-3H3. The fourth-order valence-electron chi connectivity index (χ4n) is 3.25. The predicted molar refractivity (Wildman–Crippen MR) is 103 cm³/mol. The largest absolute Gasteiger partial charge is 0.346 e. The molecule has 4 rings (SSSR count). The molecule has 0 saturated heterocycles. The van der Waals surface area contributed by atoms with Crippen LogP contribution in [0.15, 0.2) is 42.6 Å². The van der Waals surface area contributed by atoms with E-state index >= 15 is 0 Å². The van der Waals surface area contributed by atoms with Gasteiger partial charge in [-0.25, -0.2) is 19.9 Å². The van der Waals surface area contributed by atoms with Gasteiger partial charge in [-0.3, -0.25) is 0 Å². The molecule has 0 aliphatic carbocycles. The third-order valence-electron chi connectivity index (χ3n) is 4.49. The van der Waals surface area contributed by atoms with Crippen LogP contribution in [0.2, 0.25) is 0 Å². The fourth-order valence-corrected chi connectivity index (χ4v) is 3.25. The Bertz CT molecular complexity index is 921. The molecular formula is C21H23N5. The molecule has 2 aromatic heterocycles. The van der Waals surface area contributed by atoms with Gasteiger partial charge in [0.2, 0.25) is 0 Å². The summed E-state index contributed by atoms with van der Waals surface area (Å²) in [6.07, 6.45) is 2.89. The first-order chi connectivity index (χ1) is 12.6. The average molecular weight is 345 g/mol. The number of aryl methyl sites for hydroxylation is 1. The van der Waals surface area contributed by atoms with Crippen LogP contribution in [0.4, 0.5) is 5.82 Å². The van der Waals surface area contributed by atoms with Gasteiger partial charge < -0.3 is 4.90 Å². The topological polar surface area (TPSA) is 54.8 Å². The van der Waals surface area contributed by atoms with E-state index in [9.17, 15) is 0 Å².